The van der Waals surface area contributed by atoms with Crippen LogP contribution in [-0.2, 0) is 24.0 Å². The first-order valence-corrected chi connectivity index (χ1v) is 10.9. The molecular formula is C20H36N6O6. The van der Waals surface area contributed by atoms with Crippen molar-refractivity contribution in [2.75, 3.05) is 13.1 Å². The number of rotatable bonds is 13. The number of aliphatic carboxylic acids is 1. The standard InChI is InChI=1S/C20H36N6O6/c1-11(2)16(25-17(28)12(22)6-3-4-8-21)18(29)24-13(10-15(23)27)19(30)26-9-5-7-14(26)20(31)32/h11-14,16H,3-10,21-22H2,1-2H3,(H2,23,27)(H,24,29)(H,25,28)(H,31,32). The zero-order valence-electron chi connectivity index (χ0n) is 18.7. The molecule has 1 aliphatic rings. The fourth-order valence-corrected chi connectivity index (χ4v) is 3.59. The lowest BCUT2D eigenvalue weighted by Gasteiger charge is -2.29. The average Bonchev–Trinajstić information content (AvgIpc) is 3.20. The van der Waals surface area contributed by atoms with Crippen LogP contribution in [0.4, 0.5) is 0 Å². The van der Waals surface area contributed by atoms with Gasteiger partial charge in [0.05, 0.1) is 12.5 Å². The Labute approximate surface area is 187 Å². The van der Waals surface area contributed by atoms with Crippen molar-refractivity contribution in [1.29, 1.82) is 0 Å². The Bertz CT molecular complexity index is 700. The lowest BCUT2D eigenvalue weighted by Crippen LogP contribution is -2.59. The maximum absolute atomic E-state index is 12.9. The molecule has 1 rings (SSSR count). The first-order chi connectivity index (χ1) is 15.0. The Morgan fingerprint density at radius 3 is 2.28 bits per heavy atom. The molecule has 12 nitrogen and oxygen atoms in total. The number of carboxylic acid groups (broad SMARTS) is 1. The molecule has 1 heterocycles. The normalized spacial score (nSPS) is 18.7. The van der Waals surface area contributed by atoms with Gasteiger partial charge in [-0.15, -0.1) is 0 Å². The van der Waals surface area contributed by atoms with E-state index in [-0.39, 0.29) is 18.9 Å². The highest BCUT2D eigenvalue weighted by atomic mass is 16.4. The van der Waals surface area contributed by atoms with Crippen LogP contribution in [0.2, 0.25) is 0 Å². The molecule has 4 amide bonds. The molecule has 4 unspecified atom stereocenters. The van der Waals surface area contributed by atoms with Crippen LogP contribution in [0.1, 0.15) is 52.4 Å². The molecule has 0 aromatic heterocycles. The molecule has 9 N–H and O–H groups in total. The van der Waals surface area contributed by atoms with Crippen LogP contribution in [0.3, 0.4) is 0 Å². The predicted octanol–water partition coefficient (Wildman–Crippen LogP) is -1.98. The summed E-state index contributed by atoms with van der Waals surface area (Å²) in [5.74, 6) is -4.24. The number of primary amides is 1. The van der Waals surface area contributed by atoms with Gasteiger partial charge in [0.1, 0.15) is 18.1 Å². The third-order valence-corrected chi connectivity index (χ3v) is 5.39. The van der Waals surface area contributed by atoms with Gasteiger partial charge < -0.3 is 37.8 Å². The quantitative estimate of drug-likeness (QED) is 0.170. The van der Waals surface area contributed by atoms with Gasteiger partial charge in [-0.25, -0.2) is 4.79 Å². The van der Waals surface area contributed by atoms with Gasteiger partial charge in [0, 0.05) is 6.54 Å². The highest BCUT2D eigenvalue weighted by molar-refractivity contribution is 5.96. The van der Waals surface area contributed by atoms with Crippen LogP contribution in [0.15, 0.2) is 0 Å². The number of hydrogen-bond donors (Lipinski definition) is 6. The van der Waals surface area contributed by atoms with Gasteiger partial charge >= 0.3 is 5.97 Å². The molecule has 0 aromatic rings. The Balaban J connectivity index is 2.91. The van der Waals surface area contributed by atoms with Gasteiger partial charge in [0.2, 0.25) is 23.6 Å². The van der Waals surface area contributed by atoms with E-state index in [1.54, 1.807) is 13.8 Å². The Hall–Kier alpha value is -2.73. The number of likely N-dealkylation sites (tertiary alicyclic amines) is 1. The molecule has 0 spiro atoms. The van der Waals surface area contributed by atoms with Gasteiger partial charge in [-0.05, 0) is 38.1 Å². The number of carbonyl (C=O) groups excluding carboxylic acids is 4. The Kier molecular flexibility index (Phi) is 11.1. The molecule has 1 aliphatic heterocycles. The van der Waals surface area contributed by atoms with Crippen LogP contribution < -0.4 is 27.8 Å². The number of unbranched alkanes of at least 4 members (excludes halogenated alkanes) is 1. The molecule has 1 fully saturated rings. The number of carbonyl (C=O) groups is 5. The van der Waals surface area contributed by atoms with Crippen LogP contribution in [0, 0.1) is 5.92 Å². The van der Waals surface area contributed by atoms with E-state index in [4.69, 9.17) is 17.2 Å². The predicted molar refractivity (Wildman–Crippen MR) is 116 cm³/mol. The van der Waals surface area contributed by atoms with E-state index in [0.29, 0.717) is 25.8 Å². The maximum Gasteiger partial charge on any atom is 0.326 e. The molecule has 182 valence electrons. The van der Waals surface area contributed by atoms with Crippen molar-refractivity contribution < 1.29 is 29.1 Å². The third-order valence-electron chi connectivity index (χ3n) is 5.39. The molecule has 0 aliphatic carbocycles. The number of nitrogens with one attached hydrogen (secondary N) is 2. The minimum absolute atomic E-state index is 0.197. The minimum Gasteiger partial charge on any atom is -0.480 e. The molecular weight excluding hydrogens is 420 g/mol. The first-order valence-electron chi connectivity index (χ1n) is 10.9. The summed E-state index contributed by atoms with van der Waals surface area (Å²) in [5, 5.41) is 14.4. The average molecular weight is 457 g/mol. The second kappa shape index (κ2) is 13.0. The monoisotopic (exact) mass is 456 g/mol. The summed E-state index contributed by atoms with van der Waals surface area (Å²) in [7, 11) is 0. The topological polar surface area (TPSA) is 211 Å². The van der Waals surface area contributed by atoms with Gasteiger partial charge in [-0.3, -0.25) is 19.2 Å². The molecule has 0 saturated carbocycles. The van der Waals surface area contributed by atoms with Crippen molar-refractivity contribution >= 4 is 29.6 Å². The SMILES string of the molecule is CC(C)C(NC(=O)C(N)CCCCN)C(=O)NC(CC(N)=O)C(=O)N1CCCC1C(=O)O. The van der Waals surface area contributed by atoms with E-state index in [2.05, 4.69) is 10.6 Å². The van der Waals surface area contributed by atoms with Crippen LogP contribution in [0.5, 0.6) is 0 Å². The van der Waals surface area contributed by atoms with Gasteiger partial charge in [-0.2, -0.15) is 0 Å². The van der Waals surface area contributed by atoms with E-state index in [1.807, 2.05) is 0 Å². The minimum atomic E-state index is -1.34. The number of hydrogen-bond acceptors (Lipinski definition) is 7. The van der Waals surface area contributed by atoms with Crippen molar-refractivity contribution in [3.8, 4) is 0 Å². The Morgan fingerprint density at radius 1 is 1.09 bits per heavy atom. The van der Waals surface area contributed by atoms with E-state index < -0.39 is 60.2 Å². The lowest BCUT2D eigenvalue weighted by molar-refractivity contribution is -0.149. The van der Waals surface area contributed by atoms with Gasteiger partial charge in [0.25, 0.3) is 0 Å². The number of nitrogens with two attached hydrogens (primary N) is 3. The number of amides is 4. The first kappa shape index (κ1) is 27.3. The molecule has 0 bridgehead atoms. The second-order valence-electron chi connectivity index (χ2n) is 8.38. The summed E-state index contributed by atoms with van der Waals surface area (Å²) in [6, 6.07) is -4.20. The maximum atomic E-state index is 12.9. The molecule has 1 saturated heterocycles. The number of nitrogens with zero attached hydrogens (tertiary/aromatic N) is 1. The summed E-state index contributed by atoms with van der Waals surface area (Å²) in [6.07, 6.45) is 2.07. The lowest BCUT2D eigenvalue weighted by atomic mass is 10.0. The van der Waals surface area contributed by atoms with Gasteiger partial charge in [0.15, 0.2) is 0 Å². The molecule has 0 radical (unpaired) electrons. The van der Waals surface area contributed by atoms with Crippen LogP contribution in [-0.4, -0.2) is 76.9 Å². The molecule has 32 heavy (non-hydrogen) atoms. The van der Waals surface area contributed by atoms with Crippen LogP contribution in [0.25, 0.3) is 0 Å². The summed E-state index contributed by atoms with van der Waals surface area (Å²) >= 11 is 0. The zero-order valence-corrected chi connectivity index (χ0v) is 18.7. The summed E-state index contributed by atoms with van der Waals surface area (Å²) in [5.41, 5.74) is 16.6. The van der Waals surface area contributed by atoms with Crippen molar-refractivity contribution in [3.63, 3.8) is 0 Å². The zero-order chi connectivity index (χ0) is 24.4. The smallest absolute Gasteiger partial charge is 0.326 e. The van der Waals surface area contributed by atoms with Crippen molar-refractivity contribution in [3.05, 3.63) is 0 Å². The summed E-state index contributed by atoms with van der Waals surface area (Å²) in [6.45, 7) is 4.09. The molecule has 4 atom stereocenters. The van der Waals surface area contributed by atoms with E-state index in [0.717, 1.165) is 11.3 Å². The molecule has 0 aromatic carbocycles. The van der Waals surface area contributed by atoms with Gasteiger partial charge in [-0.1, -0.05) is 20.3 Å². The van der Waals surface area contributed by atoms with Crippen LogP contribution >= 0.6 is 0 Å². The summed E-state index contributed by atoms with van der Waals surface area (Å²) < 4.78 is 0. The van der Waals surface area contributed by atoms with Crippen molar-refractivity contribution in [2.24, 2.45) is 23.1 Å². The highest BCUT2D eigenvalue weighted by Gasteiger charge is 2.39. The number of carboxylic acids is 1. The van der Waals surface area contributed by atoms with Crippen molar-refractivity contribution in [1.82, 2.24) is 15.5 Å². The second-order valence-corrected chi connectivity index (χ2v) is 8.38. The third kappa shape index (κ3) is 8.08. The highest BCUT2D eigenvalue weighted by Crippen LogP contribution is 2.19. The van der Waals surface area contributed by atoms with E-state index in [9.17, 15) is 29.1 Å². The summed E-state index contributed by atoms with van der Waals surface area (Å²) in [4.78, 5) is 62.3. The molecule has 12 heteroatoms. The van der Waals surface area contributed by atoms with E-state index >= 15 is 0 Å². The fraction of sp³-hybridized carbons (Fsp3) is 0.750. The van der Waals surface area contributed by atoms with Crippen molar-refractivity contribution in [2.45, 2.75) is 76.5 Å². The fourth-order valence-electron chi connectivity index (χ4n) is 3.59. The van der Waals surface area contributed by atoms with E-state index in [1.165, 1.54) is 0 Å². The Morgan fingerprint density at radius 2 is 1.75 bits per heavy atom. The largest absolute Gasteiger partial charge is 0.480 e.